The van der Waals surface area contributed by atoms with Crippen LogP contribution in [0.25, 0.3) is 0 Å². The quantitative estimate of drug-likeness (QED) is 0.648. The highest BCUT2D eigenvalue weighted by Crippen LogP contribution is 2.22. The Hall–Kier alpha value is -1.72. The van der Waals surface area contributed by atoms with E-state index in [1.54, 1.807) is 0 Å². The number of nitrogens with one attached hydrogen (secondary N) is 1. The second-order valence-electron chi connectivity index (χ2n) is 3.31. The number of alkyl halides is 3. The first-order chi connectivity index (χ1) is 8.34. The maximum atomic E-state index is 11.8. The maximum Gasteiger partial charge on any atom is 0.573 e. The summed E-state index contributed by atoms with van der Waals surface area (Å²) in [5.74, 6) is -0.441. The predicted octanol–water partition coefficient (Wildman–Crippen LogP) is 3.97. The maximum absolute atomic E-state index is 11.8. The summed E-state index contributed by atoms with van der Waals surface area (Å²) in [6, 6.07) is 4.87. The number of hydrogen-bond donors (Lipinski definition) is 1. The van der Waals surface area contributed by atoms with Crippen LogP contribution in [-0.2, 0) is 4.74 Å². The summed E-state index contributed by atoms with van der Waals surface area (Å²) in [7, 11) is 1.31. The van der Waals surface area contributed by atoms with Crippen molar-refractivity contribution >= 4 is 5.90 Å². The van der Waals surface area contributed by atoms with Gasteiger partial charge in [-0.15, -0.1) is 13.2 Å². The van der Waals surface area contributed by atoms with Gasteiger partial charge in [0.25, 0.3) is 0 Å². The van der Waals surface area contributed by atoms with Gasteiger partial charge in [0.05, 0.1) is 7.11 Å². The monoisotopic (exact) mass is 263 g/mol. The van der Waals surface area contributed by atoms with Gasteiger partial charge in [-0.25, -0.2) is 0 Å². The van der Waals surface area contributed by atoms with E-state index in [0.717, 1.165) is 12.1 Å². The first kappa shape index (κ1) is 16.3. The number of halogens is 3. The molecule has 0 bridgehead atoms. The summed E-state index contributed by atoms with van der Waals surface area (Å²) in [5, 5.41) is 7.24. The van der Waals surface area contributed by atoms with Crippen molar-refractivity contribution in [3.63, 3.8) is 0 Å². The third kappa shape index (κ3) is 6.78. The average molecular weight is 263 g/mol. The molecule has 0 radical (unpaired) electrons. The number of hydrogen-bond acceptors (Lipinski definition) is 3. The number of rotatable bonds is 2. The molecule has 1 N–H and O–H groups in total. The fraction of sp³-hybridized carbons (Fsp3) is 0.417. The average Bonchev–Trinajstić information content (AvgIpc) is 2.28. The molecule has 0 aliphatic heterocycles. The Kier molecular flexibility index (Phi) is 6.85. The third-order valence-electron chi connectivity index (χ3n) is 1.55. The van der Waals surface area contributed by atoms with E-state index >= 15 is 0 Å². The first-order valence-corrected chi connectivity index (χ1v) is 5.32. The molecule has 18 heavy (non-hydrogen) atoms. The molecule has 1 aromatic carbocycles. The van der Waals surface area contributed by atoms with Crippen molar-refractivity contribution in [3.05, 3.63) is 29.8 Å². The lowest BCUT2D eigenvalue weighted by Crippen LogP contribution is -2.17. The molecule has 102 valence electrons. The zero-order chi connectivity index (χ0) is 14.2. The SMILES string of the molecule is CCC.COC(=N)c1ccc(OC(F)(F)F)cc1. The molecule has 0 fully saturated rings. The van der Waals surface area contributed by atoms with Crippen molar-refractivity contribution in [2.45, 2.75) is 26.6 Å². The second-order valence-corrected chi connectivity index (χ2v) is 3.31. The van der Waals surface area contributed by atoms with Crippen molar-refractivity contribution in [1.82, 2.24) is 0 Å². The summed E-state index contributed by atoms with van der Waals surface area (Å²) >= 11 is 0. The number of benzene rings is 1. The molecule has 0 saturated heterocycles. The minimum absolute atomic E-state index is 0.117. The van der Waals surface area contributed by atoms with E-state index < -0.39 is 6.36 Å². The van der Waals surface area contributed by atoms with Gasteiger partial charge in [0, 0.05) is 5.56 Å². The molecule has 1 rings (SSSR count). The van der Waals surface area contributed by atoms with Crippen LogP contribution < -0.4 is 4.74 Å². The van der Waals surface area contributed by atoms with Crippen LogP contribution in [0.4, 0.5) is 13.2 Å². The Balaban J connectivity index is 0.000000873. The van der Waals surface area contributed by atoms with Crippen molar-refractivity contribution in [2.24, 2.45) is 0 Å². The van der Waals surface area contributed by atoms with Crippen molar-refractivity contribution < 1.29 is 22.6 Å². The van der Waals surface area contributed by atoms with Gasteiger partial charge in [-0.1, -0.05) is 20.3 Å². The highest BCUT2D eigenvalue weighted by atomic mass is 19.4. The van der Waals surface area contributed by atoms with Gasteiger partial charge in [0.2, 0.25) is 5.90 Å². The van der Waals surface area contributed by atoms with E-state index in [4.69, 9.17) is 5.41 Å². The van der Waals surface area contributed by atoms with Gasteiger partial charge < -0.3 is 9.47 Å². The summed E-state index contributed by atoms with van der Waals surface area (Å²) in [6.45, 7) is 4.25. The number of methoxy groups -OCH3 is 1. The largest absolute Gasteiger partial charge is 0.573 e. The molecule has 0 aromatic heterocycles. The molecule has 0 saturated carbocycles. The van der Waals surface area contributed by atoms with E-state index in [2.05, 4.69) is 23.3 Å². The standard InChI is InChI=1S/C9H8F3NO2.C3H8/c1-14-8(13)6-2-4-7(5-3-6)15-9(10,11)12;1-3-2/h2-5,13H,1H3;3H2,1-2H3. The van der Waals surface area contributed by atoms with Crippen LogP contribution in [0.3, 0.4) is 0 Å². The fourth-order valence-electron chi connectivity index (χ4n) is 0.926. The zero-order valence-electron chi connectivity index (χ0n) is 10.5. The molecular formula is C12H16F3NO2. The van der Waals surface area contributed by atoms with Crippen LogP contribution in [0.5, 0.6) is 5.75 Å². The van der Waals surface area contributed by atoms with Gasteiger partial charge in [-0.2, -0.15) is 0 Å². The van der Waals surface area contributed by atoms with Crippen molar-refractivity contribution in [1.29, 1.82) is 5.41 Å². The zero-order valence-corrected chi connectivity index (χ0v) is 10.5. The van der Waals surface area contributed by atoms with Crippen LogP contribution >= 0.6 is 0 Å². The summed E-state index contributed by atoms with van der Waals surface area (Å²) < 4.78 is 43.6. The molecule has 0 unspecified atom stereocenters. The summed E-state index contributed by atoms with van der Waals surface area (Å²) in [5.41, 5.74) is 0.382. The summed E-state index contributed by atoms with van der Waals surface area (Å²) in [6.07, 6.45) is -3.45. The van der Waals surface area contributed by atoms with Crippen LogP contribution in [0.15, 0.2) is 24.3 Å². The van der Waals surface area contributed by atoms with Gasteiger partial charge >= 0.3 is 6.36 Å². The Bertz CT molecular complexity index is 361. The van der Waals surface area contributed by atoms with Crippen LogP contribution in [0.2, 0.25) is 0 Å². The smallest absolute Gasteiger partial charge is 0.481 e. The van der Waals surface area contributed by atoms with Gasteiger partial charge in [0.1, 0.15) is 5.75 Å². The third-order valence-corrected chi connectivity index (χ3v) is 1.55. The van der Waals surface area contributed by atoms with Gasteiger partial charge in [-0.05, 0) is 24.3 Å². The molecule has 1 aromatic rings. The summed E-state index contributed by atoms with van der Waals surface area (Å²) in [4.78, 5) is 0. The van der Waals surface area contributed by atoms with E-state index in [1.807, 2.05) is 0 Å². The molecule has 0 heterocycles. The van der Waals surface area contributed by atoms with E-state index in [0.29, 0.717) is 5.56 Å². The normalized spacial score (nSPS) is 10.1. The van der Waals surface area contributed by atoms with Crippen molar-refractivity contribution in [2.75, 3.05) is 7.11 Å². The lowest BCUT2D eigenvalue weighted by Gasteiger charge is -2.09. The van der Waals surface area contributed by atoms with Crippen LogP contribution in [0, 0.1) is 5.41 Å². The van der Waals surface area contributed by atoms with Crippen LogP contribution in [0.1, 0.15) is 25.8 Å². The minimum Gasteiger partial charge on any atom is -0.481 e. The lowest BCUT2D eigenvalue weighted by molar-refractivity contribution is -0.274. The predicted molar refractivity (Wildman–Crippen MR) is 62.9 cm³/mol. The molecule has 6 heteroatoms. The van der Waals surface area contributed by atoms with Crippen molar-refractivity contribution in [3.8, 4) is 5.75 Å². The van der Waals surface area contributed by atoms with E-state index in [-0.39, 0.29) is 11.6 Å². The van der Waals surface area contributed by atoms with E-state index in [1.165, 1.54) is 25.7 Å². The fourth-order valence-corrected chi connectivity index (χ4v) is 0.926. The Morgan fingerprint density at radius 1 is 1.17 bits per heavy atom. The highest BCUT2D eigenvalue weighted by Gasteiger charge is 2.30. The molecule has 0 aliphatic carbocycles. The Morgan fingerprint density at radius 2 is 1.61 bits per heavy atom. The minimum atomic E-state index is -4.70. The molecule has 0 spiro atoms. The molecule has 0 amide bonds. The Morgan fingerprint density at radius 3 is 1.94 bits per heavy atom. The highest BCUT2D eigenvalue weighted by molar-refractivity contribution is 5.91. The second kappa shape index (κ2) is 7.58. The topological polar surface area (TPSA) is 42.3 Å². The van der Waals surface area contributed by atoms with Gasteiger partial charge in [-0.3, -0.25) is 5.41 Å². The number of ether oxygens (including phenoxy) is 2. The molecule has 3 nitrogen and oxygen atoms in total. The van der Waals surface area contributed by atoms with E-state index in [9.17, 15) is 13.2 Å². The first-order valence-electron chi connectivity index (χ1n) is 5.32. The Labute approximate surface area is 104 Å². The van der Waals surface area contributed by atoms with Gasteiger partial charge in [0.15, 0.2) is 0 Å². The molecule has 0 atom stereocenters. The molecular weight excluding hydrogens is 247 g/mol. The lowest BCUT2D eigenvalue weighted by atomic mass is 10.2. The molecule has 0 aliphatic rings. The van der Waals surface area contributed by atoms with Crippen LogP contribution in [-0.4, -0.2) is 19.4 Å².